The first-order chi connectivity index (χ1) is 17.0. The Morgan fingerprint density at radius 1 is 0.971 bits per heavy atom. The number of piperidine rings is 1. The molecule has 2 aliphatic heterocycles. The van der Waals surface area contributed by atoms with Crippen LogP contribution in [0.4, 0.5) is 5.82 Å². The van der Waals surface area contributed by atoms with Crippen LogP contribution in [0.2, 0.25) is 0 Å². The highest BCUT2D eigenvalue weighted by Crippen LogP contribution is 2.38. The molecule has 7 nitrogen and oxygen atoms in total. The molecule has 7 heteroatoms. The summed E-state index contributed by atoms with van der Waals surface area (Å²) >= 11 is 0. The second kappa shape index (κ2) is 9.78. The largest absolute Gasteiger partial charge is 0.508 e. The average molecular weight is 471 g/mol. The van der Waals surface area contributed by atoms with Crippen molar-refractivity contribution in [1.82, 2.24) is 15.6 Å². The first-order valence-electron chi connectivity index (χ1n) is 12.2. The molecule has 180 valence electrons. The zero-order valence-electron chi connectivity index (χ0n) is 19.8. The van der Waals surface area contributed by atoms with Gasteiger partial charge in [-0.15, -0.1) is 0 Å². The number of hydrogen-bond acceptors (Lipinski definition) is 5. The van der Waals surface area contributed by atoms with Crippen LogP contribution in [0.25, 0.3) is 0 Å². The van der Waals surface area contributed by atoms with Crippen molar-refractivity contribution in [3.63, 3.8) is 0 Å². The Bertz CT molecular complexity index is 1200. The van der Waals surface area contributed by atoms with Gasteiger partial charge >= 0.3 is 0 Å². The van der Waals surface area contributed by atoms with Crippen molar-refractivity contribution >= 4 is 17.6 Å². The zero-order valence-corrected chi connectivity index (χ0v) is 19.8. The van der Waals surface area contributed by atoms with E-state index in [9.17, 15) is 14.7 Å². The van der Waals surface area contributed by atoms with Crippen molar-refractivity contribution in [2.75, 3.05) is 4.90 Å². The Morgan fingerprint density at radius 3 is 2.40 bits per heavy atom. The summed E-state index contributed by atoms with van der Waals surface area (Å²) in [6.45, 7) is 2.24. The average Bonchev–Trinajstić information content (AvgIpc) is 3.14. The molecule has 2 fully saturated rings. The highest BCUT2D eigenvalue weighted by Gasteiger charge is 2.41. The standard InChI is InChI=1S/C28H30N4O3/c1-18-24(8-5-9-25(18)33)28(35)31-21-14-22-11-12-23(15-21)32(22)26-13-10-20(17-29-26)27(34)30-16-19-6-3-2-4-7-19/h2-10,13,17,21-23,33H,11-12,14-16H2,1H3,(H,30,34)(H,31,35)/t21?,22-,23+. The van der Waals surface area contributed by atoms with Crippen LogP contribution in [0.15, 0.2) is 66.9 Å². The Labute approximate surface area is 205 Å². The van der Waals surface area contributed by atoms with Gasteiger partial charge in [0.2, 0.25) is 0 Å². The number of aromatic hydroxyl groups is 1. The van der Waals surface area contributed by atoms with E-state index in [1.807, 2.05) is 42.5 Å². The number of aromatic nitrogens is 1. The van der Waals surface area contributed by atoms with E-state index in [1.54, 1.807) is 31.3 Å². The van der Waals surface area contributed by atoms with E-state index < -0.39 is 0 Å². The number of nitrogens with one attached hydrogen (secondary N) is 2. The molecule has 2 saturated heterocycles. The lowest BCUT2D eigenvalue weighted by molar-refractivity contribution is 0.0923. The van der Waals surface area contributed by atoms with Gasteiger partial charge in [-0.25, -0.2) is 4.98 Å². The summed E-state index contributed by atoms with van der Waals surface area (Å²) in [6.07, 6.45) is 5.46. The predicted octanol–water partition coefficient (Wildman–Crippen LogP) is 3.96. The maximum atomic E-state index is 12.8. The highest BCUT2D eigenvalue weighted by molar-refractivity contribution is 5.96. The zero-order chi connectivity index (χ0) is 24.4. The maximum absolute atomic E-state index is 12.8. The fraction of sp³-hybridized carbons (Fsp3) is 0.321. The van der Waals surface area contributed by atoms with E-state index >= 15 is 0 Å². The number of amides is 2. The molecule has 2 aromatic carbocycles. The van der Waals surface area contributed by atoms with E-state index in [0.29, 0.717) is 35.3 Å². The highest BCUT2D eigenvalue weighted by atomic mass is 16.3. The molecule has 1 unspecified atom stereocenters. The van der Waals surface area contributed by atoms with Gasteiger partial charge in [-0.3, -0.25) is 9.59 Å². The molecular weight excluding hydrogens is 440 g/mol. The SMILES string of the molecule is Cc1c(O)cccc1C(=O)NC1C[C@H]2CC[C@@H](C1)N2c1ccc(C(=O)NCc2ccccc2)cn1. The molecule has 2 amide bonds. The molecule has 0 radical (unpaired) electrons. The van der Waals surface area contributed by atoms with Gasteiger partial charge in [0.05, 0.1) is 5.56 Å². The quantitative estimate of drug-likeness (QED) is 0.507. The van der Waals surface area contributed by atoms with Gasteiger partial charge in [-0.1, -0.05) is 36.4 Å². The van der Waals surface area contributed by atoms with Crippen molar-refractivity contribution in [2.24, 2.45) is 0 Å². The molecule has 5 rings (SSSR count). The summed E-state index contributed by atoms with van der Waals surface area (Å²) in [5.74, 6) is 0.737. The topological polar surface area (TPSA) is 94.6 Å². The fourth-order valence-corrected chi connectivity index (χ4v) is 5.35. The van der Waals surface area contributed by atoms with Gasteiger partial charge in [0.1, 0.15) is 11.6 Å². The number of phenols is 1. The minimum Gasteiger partial charge on any atom is -0.508 e. The van der Waals surface area contributed by atoms with Gasteiger partial charge in [0, 0.05) is 42.0 Å². The number of carbonyl (C=O) groups excluding carboxylic acids is 2. The van der Waals surface area contributed by atoms with Crippen LogP contribution >= 0.6 is 0 Å². The lowest BCUT2D eigenvalue weighted by atomic mass is 9.96. The van der Waals surface area contributed by atoms with Crippen LogP contribution in [0.3, 0.4) is 0 Å². The lowest BCUT2D eigenvalue weighted by Crippen LogP contribution is -2.50. The third kappa shape index (κ3) is 4.85. The van der Waals surface area contributed by atoms with Crippen molar-refractivity contribution in [3.05, 3.63) is 89.1 Å². The summed E-state index contributed by atoms with van der Waals surface area (Å²) < 4.78 is 0. The molecule has 35 heavy (non-hydrogen) atoms. The first-order valence-corrected chi connectivity index (χ1v) is 12.2. The smallest absolute Gasteiger partial charge is 0.253 e. The van der Waals surface area contributed by atoms with Crippen LogP contribution in [0, 0.1) is 6.92 Å². The summed E-state index contributed by atoms with van der Waals surface area (Å²) in [7, 11) is 0. The monoisotopic (exact) mass is 470 g/mol. The molecule has 3 heterocycles. The number of rotatable bonds is 6. The molecule has 1 aromatic heterocycles. The Hall–Kier alpha value is -3.87. The Morgan fingerprint density at radius 2 is 1.71 bits per heavy atom. The summed E-state index contributed by atoms with van der Waals surface area (Å²) in [5, 5.41) is 16.0. The van der Waals surface area contributed by atoms with Crippen molar-refractivity contribution in [2.45, 2.75) is 57.3 Å². The van der Waals surface area contributed by atoms with Crippen LogP contribution in [-0.4, -0.2) is 40.0 Å². The number of carbonyl (C=O) groups is 2. The van der Waals surface area contributed by atoms with Gasteiger partial charge in [-0.2, -0.15) is 0 Å². The molecule has 3 atom stereocenters. The van der Waals surface area contributed by atoms with Gasteiger partial charge in [0.15, 0.2) is 0 Å². The Kier molecular flexibility index (Phi) is 6.40. The van der Waals surface area contributed by atoms with Crippen LogP contribution in [0.5, 0.6) is 5.75 Å². The van der Waals surface area contributed by atoms with E-state index in [4.69, 9.17) is 0 Å². The molecule has 0 aliphatic carbocycles. The second-order valence-electron chi connectivity index (χ2n) is 9.46. The van der Waals surface area contributed by atoms with Crippen LogP contribution in [-0.2, 0) is 6.54 Å². The number of benzene rings is 2. The summed E-state index contributed by atoms with van der Waals surface area (Å²) in [5.41, 5.74) is 2.71. The number of nitrogens with zero attached hydrogens (tertiary/aromatic N) is 2. The molecule has 3 N–H and O–H groups in total. The number of fused-ring (bicyclic) bond motifs is 2. The van der Waals surface area contributed by atoms with Crippen LogP contribution in [0.1, 0.15) is 57.5 Å². The Balaban J connectivity index is 1.20. The number of pyridine rings is 1. The maximum Gasteiger partial charge on any atom is 0.253 e. The minimum atomic E-state index is -0.139. The molecule has 3 aromatic rings. The van der Waals surface area contributed by atoms with E-state index in [-0.39, 0.29) is 23.6 Å². The molecule has 0 spiro atoms. The first kappa shape index (κ1) is 22.9. The fourth-order valence-electron chi connectivity index (χ4n) is 5.35. The number of phenolic OH excluding ortho intramolecular Hbond substituents is 1. The van der Waals surface area contributed by atoms with Gasteiger partial charge in [-0.05, 0) is 62.4 Å². The van der Waals surface area contributed by atoms with Crippen LogP contribution < -0.4 is 15.5 Å². The van der Waals surface area contributed by atoms with E-state index in [2.05, 4.69) is 20.5 Å². The second-order valence-corrected chi connectivity index (χ2v) is 9.46. The normalized spacial score (nSPS) is 20.9. The van der Waals surface area contributed by atoms with E-state index in [1.165, 1.54) is 0 Å². The van der Waals surface area contributed by atoms with Crippen molar-refractivity contribution in [3.8, 4) is 5.75 Å². The molecule has 2 bridgehead atoms. The predicted molar refractivity (Wildman–Crippen MR) is 134 cm³/mol. The summed E-state index contributed by atoms with van der Waals surface area (Å²) in [4.78, 5) is 32.3. The third-order valence-corrected chi connectivity index (χ3v) is 7.19. The number of anilines is 1. The van der Waals surface area contributed by atoms with Crippen molar-refractivity contribution < 1.29 is 14.7 Å². The summed E-state index contributed by atoms with van der Waals surface area (Å²) in [6, 6.07) is 19.3. The minimum absolute atomic E-state index is 0.0843. The molecular formula is C28H30N4O3. The molecule has 2 aliphatic rings. The van der Waals surface area contributed by atoms with E-state index in [0.717, 1.165) is 37.1 Å². The third-order valence-electron chi connectivity index (χ3n) is 7.19. The van der Waals surface area contributed by atoms with Crippen molar-refractivity contribution in [1.29, 1.82) is 0 Å². The van der Waals surface area contributed by atoms with Gasteiger partial charge in [0.25, 0.3) is 11.8 Å². The van der Waals surface area contributed by atoms with Gasteiger partial charge < -0.3 is 20.6 Å². The molecule has 0 saturated carbocycles. The number of hydrogen-bond donors (Lipinski definition) is 3. The lowest BCUT2D eigenvalue weighted by Gasteiger charge is -2.40.